The molecule has 0 unspecified atom stereocenters. The highest BCUT2D eigenvalue weighted by Gasteiger charge is 2.14. The summed E-state index contributed by atoms with van der Waals surface area (Å²) in [6, 6.07) is 17.9. The van der Waals surface area contributed by atoms with Gasteiger partial charge in [0.1, 0.15) is 5.75 Å². The molecule has 0 radical (unpaired) electrons. The standard InChI is InChI=1S/C19H17N3O4/c1-25-15-9-7-13(8-10-15)11-18(23)20-21-19(24)16-12-17(26-22-16)14-5-3-2-4-6-14/h2-10,12H,11H2,1H3,(H,20,23)(H,21,24). The van der Waals surface area contributed by atoms with Crippen LogP contribution in [0.4, 0.5) is 0 Å². The fourth-order valence-electron chi connectivity index (χ4n) is 2.28. The Morgan fingerprint density at radius 3 is 2.46 bits per heavy atom. The van der Waals surface area contributed by atoms with Crippen LogP contribution >= 0.6 is 0 Å². The number of aromatic nitrogens is 1. The number of methoxy groups -OCH3 is 1. The van der Waals surface area contributed by atoms with Crippen molar-refractivity contribution in [3.8, 4) is 17.1 Å². The number of hydrazine groups is 1. The molecule has 2 N–H and O–H groups in total. The van der Waals surface area contributed by atoms with Crippen molar-refractivity contribution in [1.29, 1.82) is 0 Å². The molecular formula is C19H17N3O4. The summed E-state index contributed by atoms with van der Waals surface area (Å²) in [5.41, 5.74) is 6.36. The van der Waals surface area contributed by atoms with E-state index in [1.165, 1.54) is 6.07 Å². The summed E-state index contributed by atoms with van der Waals surface area (Å²) in [5.74, 6) is 0.275. The maximum Gasteiger partial charge on any atom is 0.291 e. The van der Waals surface area contributed by atoms with E-state index in [4.69, 9.17) is 9.26 Å². The van der Waals surface area contributed by atoms with Crippen LogP contribution in [0.15, 0.2) is 65.2 Å². The van der Waals surface area contributed by atoms with Gasteiger partial charge >= 0.3 is 0 Å². The van der Waals surface area contributed by atoms with E-state index in [2.05, 4.69) is 16.0 Å². The first-order chi connectivity index (χ1) is 12.7. The summed E-state index contributed by atoms with van der Waals surface area (Å²) < 4.78 is 10.2. The van der Waals surface area contributed by atoms with Crippen molar-refractivity contribution >= 4 is 11.8 Å². The van der Waals surface area contributed by atoms with Gasteiger partial charge in [-0.15, -0.1) is 0 Å². The number of nitrogens with zero attached hydrogens (tertiary/aromatic N) is 1. The highest BCUT2D eigenvalue weighted by molar-refractivity contribution is 5.94. The van der Waals surface area contributed by atoms with Gasteiger partial charge in [0.05, 0.1) is 13.5 Å². The van der Waals surface area contributed by atoms with Crippen LogP contribution in [0, 0.1) is 0 Å². The SMILES string of the molecule is COc1ccc(CC(=O)NNC(=O)c2cc(-c3ccccc3)on2)cc1. The Balaban J connectivity index is 1.53. The van der Waals surface area contributed by atoms with Gasteiger partial charge in [-0.3, -0.25) is 20.4 Å². The second kappa shape index (κ2) is 7.98. The average molecular weight is 351 g/mol. The van der Waals surface area contributed by atoms with Crippen molar-refractivity contribution < 1.29 is 18.8 Å². The molecule has 0 saturated carbocycles. The topological polar surface area (TPSA) is 93.5 Å². The minimum atomic E-state index is -0.556. The van der Waals surface area contributed by atoms with Crippen LogP contribution in [-0.4, -0.2) is 24.1 Å². The van der Waals surface area contributed by atoms with Crippen molar-refractivity contribution in [2.75, 3.05) is 7.11 Å². The monoisotopic (exact) mass is 351 g/mol. The summed E-state index contributed by atoms with van der Waals surface area (Å²) >= 11 is 0. The van der Waals surface area contributed by atoms with Gasteiger partial charge in [0.25, 0.3) is 5.91 Å². The molecule has 7 heteroatoms. The molecule has 0 fully saturated rings. The minimum Gasteiger partial charge on any atom is -0.497 e. The number of carbonyl (C=O) groups excluding carboxylic acids is 2. The lowest BCUT2D eigenvalue weighted by molar-refractivity contribution is -0.121. The highest BCUT2D eigenvalue weighted by Crippen LogP contribution is 2.19. The van der Waals surface area contributed by atoms with Crippen LogP contribution < -0.4 is 15.6 Å². The summed E-state index contributed by atoms with van der Waals surface area (Å²) in [6.07, 6.45) is 0.123. The molecule has 0 saturated heterocycles. The van der Waals surface area contributed by atoms with E-state index in [9.17, 15) is 9.59 Å². The first kappa shape index (κ1) is 17.2. The molecular weight excluding hydrogens is 334 g/mol. The van der Waals surface area contributed by atoms with Gasteiger partial charge in [0, 0.05) is 11.6 Å². The molecule has 26 heavy (non-hydrogen) atoms. The third-order valence-corrected chi connectivity index (χ3v) is 3.64. The van der Waals surface area contributed by atoms with E-state index in [0.717, 1.165) is 11.1 Å². The van der Waals surface area contributed by atoms with Gasteiger partial charge < -0.3 is 9.26 Å². The second-order valence-electron chi connectivity index (χ2n) is 5.47. The average Bonchev–Trinajstić information content (AvgIpc) is 3.18. The zero-order valence-corrected chi connectivity index (χ0v) is 14.1. The largest absolute Gasteiger partial charge is 0.497 e. The first-order valence-corrected chi connectivity index (χ1v) is 7.90. The van der Waals surface area contributed by atoms with E-state index < -0.39 is 5.91 Å². The smallest absolute Gasteiger partial charge is 0.291 e. The Morgan fingerprint density at radius 1 is 1.04 bits per heavy atom. The molecule has 3 rings (SSSR count). The molecule has 0 atom stereocenters. The molecule has 132 valence electrons. The number of carbonyl (C=O) groups is 2. The zero-order valence-electron chi connectivity index (χ0n) is 14.1. The van der Waals surface area contributed by atoms with Gasteiger partial charge in [-0.05, 0) is 17.7 Å². The van der Waals surface area contributed by atoms with Crippen LogP contribution in [0.5, 0.6) is 5.75 Å². The zero-order chi connectivity index (χ0) is 18.4. The van der Waals surface area contributed by atoms with Crippen LogP contribution in [0.1, 0.15) is 16.1 Å². The van der Waals surface area contributed by atoms with Gasteiger partial charge in [-0.25, -0.2) is 0 Å². The molecule has 3 aromatic rings. The molecule has 0 aliphatic rings. The number of amides is 2. The van der Waals surface area contributed by atoms with E-state index in [0.29, 0.717) is 11.5 Å². The summed E-state index contributed by atoms with van der Waals surface area (Å²) in [6.45, 7) is 0. The van der Waals surface area contributed by atoms with Crippen molar-refractivity contribution in [2.45, 2.75) is 6.42 Å². The number of hydrogen-bond donors (Lipinski definition) is 2. The fraction of sp³-hybridized carbons (Fsp3) is 0.105. The van der Waals surface area contributed by atoms with Crippen molar-refractivity contribution in [2.24, 2.45) is 0 Å². The lowest BCUT2D eigenvalue weighted by Crippen LogP contribution is -2.42. The maximum atomic E-state index is 12.1. The maximum absolute atomic E-state index is 12.1. The van der Waals surface area contributed by atoms with Crippen LogP contribution in [0.2, 0.25) is 0 Å². The first-order valence-electron chi connectivity index (χ1n) is 7.90. The van der Waals surface area contributed by atoms with Gasteiger partial charge in [0.15, 0.2) is 11.5 Å². The summed E-state index contributed by atoms with van der Waals surface area (Å²) in [4.78, 5) is 24.0. The van der Waals surface area contributed by atoms with Crippen molar-refractivity contribution in [3.05, 3.63) is 71.9 Å². The number of rotatable bonds is 5. The van der Waals surface area contributed by atoms with Crippen molar-refractivity contribution in [1.82, 2.24) is 16.0 Å². The van der Waals surface area contributed by atoms with E-state index in [1.54, 1.807) is 31.4 Å². The summed E-state index contributed by atoms with van der Waals surface area (Å²) in [5, 5.41) is 3.72. The molecule has 0 aliphatic heterocycles. The van der Waals surface area contributed by atoms with Gasteiger partial charge in [0.2, 0.25) is 5.91 Å². The third kappa shape index (κ3) is 4.27. The Labute approximate surface area is 149 Å². The Morgan fingerprint density at radius 2 is 1.77 bits per heavy atom. The number of benzene rings is 2. The quantitative estimate of drug-likeness (QED) is 0.688. The van der Waals surface area contributed by atoms with Crippen LogP contribution in [-0.2, 0) is 11.2 Å². The third-order valence-electron chi connectivity index (χ3n) is 3.64. The lowest BCUT2D eigenvalue weighted by atomic mass is 10.1. The number of hydrogen-bond acceptors (Lipinski definition) is 5. The number of ether oxygens (including phenoxy) is 1. The molecule has 2 amide bonds. The molecule has 7 nitrogen and oxygen atoms in total. The van der Waals surface area contributed by atoms with Crippen molar-refractivity contribution in [3.63, 3.8) is 0 Å². The molecule has 0 spiro atoms. The second-order valence-corrected chi connectivity index (χ2v) is 5.47. The molecule has 2 aromatic carbocycles. The molecule has 0 bridgehead atoms. The van der Waals surface area contributed by atoms with Crippen LogP contribution in [0.3, 0.4) is 0 Å². The highest BCUT2D eigenvalue weighted by atomic mass is 16.5. The summed E-state index contributed by atoms with van der Waals surface area (Å²) in [7, 11) is 1.57. The lowest BCUT2D eigenvalue weighted by Gasteiger charge is -2.06. The molecule has 0 aliphatic carbocycles. The Bertz CT molecular complexity index is 889. The normalized spacial score (nSPS) is 10.2. The van der Waals surface area contributed by atoms with Crippen LogP contribution in [0.25, 0.3) is 11.3 Å². The minimum absolute atomic E-state index is 0.0774. The van der Waals surface area contributed by atoms with Gasteiger partial charge in [-0.2, -0.15) is 0 Å². The fourth-order valence-corrected chi connectivity index (χ4v) is 2.28. The van der Waals surface area contributed by atoms with E-state index in [-0.39, 0.29) is 18.0 Å². The van der Waals surface area contributed by atoms with E-state index >= 15 is 0 Å². The van der Waals surface area contributed by atoms with Gasteiger partial charge in [-0.1, -0.05) is 47.6 Å². The Hall–Kier alpha value is -3.61. The predicted octanol–water partition coefficient (Wildman–Crippen LogP) is 2.35. The molecule has 1 aromatic heterocycles. The molecule has 1 heterocycles. The number of nitrogens with one attached hydrogen (secondary N) is 2. The predicted molar refractivity (Wildman–Crippen MR) is 94.2 cm³/mol. The van der Waals surface area contributed by atoms with E-state index in [1.807, 2.05) is 30.3 Å². The Kier molecular flexibility index (Phi) is 5.28.